The molecule has 0 saturated heterocycles. The molecular weight excluding hydrogens is 252 g/mol. The van der Waals surface area contributed by atoms with Crippen LogP contribution in [0, 0.1) is 0 Å². The molecule has 0 amide bonds. The highest BCUT2D eigenvalue weighted by molar-refractivity contribution is 5.80. The SMILES string of the molecule is CNC(C)(CN1CCc2ccccc2CC1)C(=O)OC. The van der Waals surface area contributed by atoms with Crippen LogP contribution in [0.3, 0.4) is 0 Å². The number of nitrogens with zero attached hydrogens (tertiary/aromatic N) is 1. The monoisotopic (exact) mass is 276 g/mol. The molecule has 4 heteroatoms. The van der Waals surface area contributed by atoms with Crippen LogP contribution in [-0.2, 0) is 22.4 Å². The van der Waals surface area contributed by atoms with E-state index >= 15 is 0 Å². The molecule has 1 aromatic rings. The number of methoxy groups -OCH3 is 1. The fraction of sp³-hybridized carbons (Fsp3) is 0.562. The lowest BCUT2D eigenvalue weighted by Gasteiger charge is -2.32. The van der Waals surface area contributed by atoms with Crippen molar-refractivity contribution in [2.24, 2.45) is 0 Å². The molecule has 1 N–H and O–H groups in total. The number of hydrogen-bond acceptors (Lipinski definition) is 4. The van der Waals surface area contributed by atoms with Gasteiger partial charge in [-0.2, -0.15) is 0 Å². The molecule has 20 heavy (non-hydrogen) atoms. The second kappa shape index (κ2) is 6.37. The lowest BCUT2D eigenvalue weighted by molar-refractivity contribution is -0.148. The van der Waals surface area contributed by atoms with E-state index in [0.717, 1.165) is 25.9 Å². The Labute approximate surface area is 121 Å². The third kappa shape index (κ3) is 3.19. The van der Waals surface area contributed by atoms with E-state index in [9.17, 15) is 4.79 Å². The highest BCUT2D eigenvalue weighted by Gasteiger charge is 2.34. The summed E-state index contributed by atoms with van der Waals surface area (Å²) in [6, 6.07) is 8.61. The summed E-state index contributed by atoms with van der Waals surface area (Å²) in [5.41, 5.74) is 2.21. The van der Waals surface area contributed by atoms with E-state index in [4.69, 9.17) is 4.74 Å². The summed E-state index contributed by atoms with van der Waals surface area (Å²) in [6.07, 6.45) is 2.08. The number of carbonyl (C=O) groups excluding carboxylic acids is 1. The van der Waals surface area contributed by atoms with Crippen molar-refractivity contribution in [2.75, 3.05) is 33.8 Å². The molecule has 0 fully saturated rings. The second-order valence-corrected chi connectivity index (χ2v) is 5.62. The topological polar surface area (TPSA) is 41.6 Å². The minimum Gasteiger partial charge on any atom is -0.468 e. The van der Waals surface area contributed by atoms with Crippen LogP contribution in [-0.4, -0.2) is 50.2 Å². The van der Waals surface area contributed by atoms with E-state index in [2.05, 4.69) is 34.5 Å². The minimum absolute atomic E-state index is 0.207. The third-order valence-corrected chi connectivity index (χ3v) is 4.24. The molecule has 0 aliphatic carbocycles. The van der Waals surface area contributed by atoms with Gasteiger partial charge >= 0.3 is 5.97 Å². The van der Waals surface area contributed by atoms with E-state index in [0.29, 0.717) is 6.54 Å². The van der Waals surface area contributed by atoms with Gasteiger partial charge in [-0.15, -0.1) is 0 Å². The summed E-state index contributed by atoms with van der Waals surface area (Å²) < 4.78 is 4.91. The molecule has 4 nitrogen and oxygen atoms in total. The van der Waals surface area contributed by atoms with Gasteiger partial charge in [-0.25, -0.2) is 0 Å². The average Bonchev–Trinajstić information content (AvgIpc) is 2.69. The first kappa shape index (κ1) is 15.0. The fourth-order valence-electron chi connectivity index (χ4n) is 2.79. The van der Waals surface area contributed by atoms with Gasteiger partial charge in [-0.3, -0.25) is 4.79 Å². The molecule has 2 rings (SSSR count). The number of nitrogens with one attached hydrogen (secondary N) is 1. The van der Waals surface area contributed by atoms with Gasteiger partial charge in [0.05, 0.1) is 7.11 Å². The predicted octanol–water partition coefficient (Wildman–Crippen LogP) is 1.24. The largest absolute Gasteiger partial charge is 0.468 e. The zero-order chi connectivity index (χ0) is 14.6. The number of rotatable bonds is 4. The van der Waals surface area contributed by atoms with Crippen LogP contribution in [0.1, 0.15) is 18.1 Å². The summed E-state index contributed by atoms with van der Waals surface area (Å²) in [4.78, 5) is 14.3. The normalized spacial score (nSPS) is 18.8. The second-order valence-electron chi connectivity index (χ2n) is 5.62. The molecule has 1 heterocycles. The van der Waals surface area contributed by atoms with Gasteiger partial charge in [0.25, 0.3) is 0 Å². The predicted molar refractivity (Wildman–Crippen MR) is 79.8 cm³/mol. The lowest BCUT2D eigenvalue weighted by Crippen LogP contribution is -2.56. The molecule has 1 aromatic carbocycles. The molecule has 0 aromatic heterocycles. The number of carbonyl (C=O) groups is 1. The maximum absolute atomic E-state index is 11.9. The molecule has 0 spiro atoms. The first-order valence-corrected chi connectivity index (χ1v) is 7.15. The van der Waals surface area contributed by atoms with Gasteiger partial charge in [0.2, 0.25) is 0 Å². The van der Waals surface area contributed by atoms with Crippen LogP contribution in [0.25, 0.3) is 0 Å². The van der Waals surface area contributed by atoms with Gasteiger partial charge in [-0.1, -0.05) is 24.3 Å². The maximum Gasteiger partial charge on any atom is 0.327 e. The highest BCUT2D eigenvalue weighted by Crippen LogP contribution is 2.17. The van der Waals surface area contributed by atoms with Gasteiger partial charge in [0.1, 0.15) is 5.54 Å². The number of ether oxygens (including phenoxy) is 1. The lowest BCUT2D eigenvalue weighted by atomic mass is 10.0. The van der Waals surface area contributed by atoms with E-state index in [-0.39, 0.29) is 5.97 Å². The molecule has 0 radical (unpaired) electrons. The minimum atomic E-state index is -0.648. The fourth-order valence-corrected chi connectivity index (χ4v) is 2.79. The Bertz CT molecular complexity index is 448. The summed E-state index contributed by atoms with van der Waals surface area (Å²) in [7, 11) is 3.25. The Morgan fingerprint density at radius 1 is 1.30 bits per heavy atom. The van der Waals surface area contributed by atoms with Crippen LogP contribution >= 0.6 is 0 Å². The number of benzene rings is 1. The molecule has 1 atom stereocenters. The number of hydrogen-bond donors (Lipinski definition) is 1. The Kier molecular flexibility index (Phi) is 4.78. The van der Waals surface area contributed by atoms with E-state index in [1.54, 1.807) is 0 Å². The quantitative estimate of drug-likeness (QED) is 0.840. The number of esters is 1. The van der Waals surface area contributed by atoms with Crippen molar-refractivity contribution >= 4 is 5.97 Å². The van der Waals surface area contributed by atoms with Gasteiger partial charge < -0.3 is 15.0 Å². The molecule has 0 saturated carbocycles. The summed E-state index contributed by atoms with van der Waals surface area (Å²) >= 11 is 0. The number of fused-ring (bicyclic) bond motifs is 1. The van der Waals surface area contributed by atoms with Gasteiger partial charge in [0.15, 0.2) is 0 Å². The maximum atomic E-state index is 11.9. The molecule has 0 bridgehead atoms. The van der Waals surface area contributed by atoms with Crippen LogP contribution in [0.5, 0.6) is 0 Å². The van der Waals surface area contributed by atoms with Crippen molar-refractivity contribution in [2.45, 2.75) is 25.3 Å². The zero-order valence-corrected chi connectivity index (χ0v) is 12.6. The van der Waals surface area contributed by atoms with Crippen LogP contribution < -0.4 is 5.32 Å². The van der Waals surface area contributed by atoms with Gasteiger partial charge in [-0.05, 0) is 37.9 Å². The van der Waals surface area contributed by atoms with Crippen LogP contribution in [0.15, 0.2) is 24.3 Å². The first-order chi connectivity index (χ1) is 9.59. The van der Waals surface area contributed by atoms with Crippen LogP contribution in [0.2, 0.25) is 0 Å². The molecule has 1 unspecified atom stereocenters. The molecular formula is C16H24N2O2. The Hall–Kier alpha value is -1.39. The standard InChI is InChI=1S/C16H24N2O2/c1-16(17-2,15(19)20-3)12-18-10-8-13-6-4-5-7-14(13)9-11-18/h4-7,17H,8-12H2,1-3H3. The van der Waals surface area contributed by atoms with Crippen molar-refractivity contribution in [3.63, 3.8) is 0 Å². The average molecular weight is 276 g/mol. The molecule has 1 aliphatic heterocycles. The molecule has 1 aliphatic rings. The Balaban J connectivity index is 2.04. The van der Waals surface area contributed by atoms with Gasteiger partial charge in [0, 0.05) is 19.6 Å². The van der Waals surface area contributed by atoms with Crippen molar-refractivity contribution in [1.29, 1.82) is 0 Å². The Morgan fingerprint density at radius 2 is 1.85 bits per heavy atom. The Morgan fingerprint density at radius 3 is 2.30 bits per heavy atom. The number of likely N-dealkylation sites (N-methyl/N-ethyl adjacent to an activating group) is 1. The summed E-state index contributed by atoms with van der Waals surface area (Å²) in [5.74, 6) is -0.207. The molecule has 110 valence electrons. The van der Waals surface area contributed by atoms with E-state index in [1.807, 2.05) is 14.0 Å². The van der Waals surface area contributed by atoms with Crippen molar-refractivity contribution < 1.29 is 9.53 Å². The summed E-state index contributed by atoms with van der Waals surface area (Å²) in [6.45, 7) is 4.53. The first-order valence-electron chi connectivity index (χ1n) is 7.15. The van der Waals surface area contributed by atoms with Crippen LogP contribution in [0.4, 0.5) is 0 Å². The van der Waals surface area contributed by atoms with Crippen molar-refractivity contribution in [3.8, 4) is 0 Å². The van der Waals surface area contributed by atoms with E-state index in [1.165, 1.54) is 18.2 Å². The van der Waals surface area contributed by atoms with Crippen molar-refractivity contribution in [1.82, 2.24) is 10.2 Å². The van der Waals surface area contributed by atoms with E-state index < -0.39 is 5.54 Å². The summed E-state index contributed by atoms with van der Waals surface area (Å²) in [5, 5.41) is 3.10. The zero-order valence-electron chi connectivity index (χ0n) is 12.6. The smallest absolute Gasteiger partial charge is 0.327 e. The third-order valence-electron chi connectivity index (χ3n) is 4.24. The highest BCUT2D eigenvalue weighted by atomic mass is 16.5. The van der Waals surface area contributed by atoms with Crippen molar-refractivity contribution in [3.05, 3.63) is 35.4 Å².